The lowest BCUT2D eigenvalue weighted by atomic mass is 10.0. The number of likely N-dealkylation sites (tertiary alicyclic amines) is 1. The lowest BCUT2D eigenvalue weighted by molar-refractivity contribution is 0.269. The zero-order chi connectivity index (χ0) is 12.1. The van der Waals surface area contributed by atoms with Crippen LogP contribution in [0.5, 0.6) is 0 Å². The molecule has 0 aromatic heterocycles. The van der Waals surface area contributed by atoms with Gasteiger partial charge in [0.25, 0.3) is 0 Å². The minimum absolute atomic E-state index is 0. The predicted octanol–water partition coefficient (Wildman–Crippen LogP) is 2.31. The molecule has 1 heterocycles. The van der Waals surface area contributed by atoms with Crippen LogP contribution in [-0.2, 0) is 0 Å². The van der Waals surface area contributed by atoms with E-state index in [1.54, 1.807) is 0 Å². The van der Waals surface area contributed by atoms with E-state index in [9.17, 15) is 0 Å². The quantitative estimate of drug-likeness (QED) is 0.360. The fourth-order valence-electron chi connectivity index (χ4n) is 2.00. The van der Waals surface area contributed by atoms with E-state index < -0.39 is 0 Å². The Balaban J connectivity index is 0.00000256. The zero-order valence-electron chi connectivity index (χ0n) is 11.0. The van der Waals surface area contributed by atoms with Crippen LogP contribution in [0.4, 0.5) is 0 Å². The predicted molar refractivity (Wildman–Crippen MR) is 84.5 cm³/mol. The Morgan fingerprint density at radius 1 is 1.53 bits per heavy atom. The second-order valence-corrected chi connectivity index (χ2v) is 5.04. The lowest BCUT2D eigenvalue weighted by Gasteiger charge is -2.32. The molecule has 1 fully saturated rings. The van der Waals surface area contributed by atoms with Crippen molar-refractivity contribution >= 4 is 29.9 Å². The van der Waals surface area contributed by atoms with E-state index in [4.69, 9.17) is 12.2 Å². The van der Waals surface area contributed by atoms with E-state index in [1.807, 2.05) is 0 Å². The Morgan fingerprint density at radius 2 is 2.18 bits per heavy atom. The molecule has 0 amide bonds. The van der Waals surface area contributed by atoms with E-state index in [1.165, 1.54) is 12.8 Å². The van der Waals surface area contributed by atoms with Crippen molar-refractivity contribution in [2.45, 2.75) is 39.7 Å². The number of aliphatic imine (C=N–C) groups is 1. The molecule has 0 saturated carbocycles. The van der Waals surface area contributed by atoms with Gasteiger partial charge in [-0.25, -0.2) is 4.99 Å². The molecule has 0 aliphatic carbocycles. The average Bonchev–Trinajstić information content (AvgIpc) is 2.25. The van der Waals surface area contributed by atoms with E-state index in [-0.39, 0.29) is 30.0 Å². The van der Waals surface area contributed by atoms with Gasteiger partial charge in [-0.3, -0.25) is 0 Å². The Hall–Kier alpha value is -0.440. The molecular weight excluding hydrogens is 325 g/mol. The molecule has 0 aromatic rings. The van der Waals surface area contributed by atoms with E-state index in [0.717, 1.165) is 13.1 Å². The highest BCUT2D eigenvalue weighted by Crippen LogP contribution is 2.15. The van der Waals surface area contributed by atoms with Crippen molar-refractivity contribution in [3.8, 4) is 12.3 Å². The molecule has 1 aliphatic rings. The van der Waals surface area contributed by atoms with Crippen molar-refractivity contribution in [2.75, 3.05) is 13.1 Å². The van der Waals surface area contributed by atoms with Gasteiger partial charge in [0, 0.05) is 13.1 Å². The molecule has 98 valence electrons. The summed E-state index contributed by atoms with van der Waals surface area (Å²) in [7, 11) is 0. The molecule has 0 spiro atoms. The summed E-state index contributed by atoms with van der Waals surface area (Å²) in [6, 6.07) is -0.0998. The first kappa shape index (κ1) is 16.6. The second kappa shape index (κ2) is 7.80. The van der Waals surface area contributed by atoms with Crippen LogP contribution in [0.25, 0.3) is 0 Å². The smallest absolute Gasteiger partial charge is 0.192 e. The summed E-state index contributed by atoms with van der Waals surface area (Å²) < 4.78 is 0. The third-order valence-electron chi connectivity index (χ3n) is 3.05. The summed E-state index contributed by atoms with van der Waals surface area (Å²) in [5, 5.41) is 0. The van der Waals surface area contributed by atoms with Gasteiger partial charge in [0.2, 0.25) is 0 Å². The van der Waals surface area contributed by atoms with Crippen molar-refractivity contribution in [1.29, 1.82) is 0 Å². The van der Waals surface area contributed by atoms with Gasteiger partial charge in [-0.1, -0.05) is 26.7 Å². The number of hydrogen-bond donors (Lipinski definition) is 1. The lowest BCUT2D eigenvalue weighted by Crippen LogP contribution is -2.44. The van der Waals surface area contributed by atoms with Gasteiger partial charge in [-0.2, -0.15) is 0 Å². The van der Waals surface area contributed by atoms with E-state index >= 15 is 0 Å². The van der Waals surface area contributed by atoms with Crippen LogP contribution in [0.15, 0.2) is 4.99 Å². The summed E-state index contributed by atoms with van der Waals surface area (Å²) in [4.78, 5) is 6.59. The van der Waals surface area contributed by atoms with Gasteiger partial charge in [-0.15, -0.1) is 30.4 Å². The molecule has 2 atom stereocenters. The minimum atomic E-state index is -0.0998. The Morgan fingerprint density at radius 3 is 2.65 bits per heavy atom. The van der Waals surface area contributed by atoms with Crippen LogP contribution in [0, 0.1) is 24.2 Å². The third-order valence-corrected chi connectivity index (χ3v) is 3.05. The zero-order valence-corrected chi connectivity index (χ0v) is 13.3. The first-order valence-corrected chi connectivity index (χ1v) is 6.09. The van der Waals surface area contributed by atoms with Crippen LogP contribution in [0.3, 0.4) is 0 Å². The fourth-order valence-corrected chi connectivity index (χ4v) is 2.00. The molecule has 1 saturated heterocycles. The number of halogens is 1. The molecule has 0 bridgehead atoms. The third kappa shape index (κ3) is 5.15. The van der Waals surface area contributed by atoms with Gasteiger partial charge in [0.15, 0.2) is 5.96 Å². The molecule has 0 aromatic carbocycles. The highest BCUT2D eigenvalue weighted by molar-refractivity contribution is 14.0. The first-order valence-electron chi connectivity index (χ1n) is 6.09. The summed E-state index contributed by atoms with van der Waals surface area (Å²) in [5.74, 6) is 4.34. The van der Waals surface area contributed by atoms with Crippen LogP contribution < -0.4 is 5.73 Å². The van der Waals surface area contributed by atoms with Gasteiger partial charge in [-0.05, 0) is 24.7 Å². The number of nitrogens with two attached hydrogens (primary N) is 1. The van der Waals surface area contributed by atoms with Crippen LogP contribution >= 0.6 is 24.0 Å². The summed E-state index contributed by atoms with van der Waals surface area (Å²) in [5.41, 5.74) is 6.01. The number of nitrogens with zero attached hydrogens (tertiary/aromatic N) is 2. The number of piperidine rings is 1. The second-order valence-electron chi connectivity index (χ2n) is 5.04. The Kier molecular flexibility index (Phi) is 7.60. The van der Waals surface area contributed by atoms with Crippen molar-refractivity contribution in [2.24, 2.45) is 22.6 Å². The number of rotatable bonds is 2. The normalized spacial score (nSPS) is 22.9. The van der Waals surface area contributed by atoms with Gasteiger partial charge >= 0.3 is 0 Å². The van der Waals surface area contributed by atoms with Crippen LogP contribution in [-0.4, -0.2) is 30.0 Å². The molecule has 3 nitrogen and oxygen atoms in total. The Labute approximate surface area is 122 Å². The van der Waals surface area contributed by atoms with Gasteiger partial charge in [0.1, 0.15) is 6.04 Å². The molecule has 4 heteroatoms. The maximum absolute atomic E-state index is 6.01. The largest absolute Gasteiger partial charge is 0.370 e. The number of hydrogen-bond acceptors (Lipinski definition) is 1. The molecular formula is C13H24IN3. The van der Waals surface area contributed by atoms with Crippen molar-refractivity contribution in [3.63, 3.8) is 0 Å². The van der Waals surface area contributed by atoms with Crippen molar-refractivity contribution < 1.29 is 0 Å². The van der Waals surface area contributed by atoms with Crippen molar-refractivity contribution in [3.05, 3.63) is 0 Å². The number of guanidine groups is 1. The highest BCUT2D eigenvalue weighted by atomic mass is 127. The minimum Gasteiger partial charge on any atom is -0.370 e. The molecule has 2 unspecified atom stereocenters. The van der Waals surface area contributed by atoms with Crippen LogP contribution in [0.2, 0.25) is 0 Å². The van der Waals surface area contributed by atoms with Crippen molar-refractivity contribution in [1.82, 2.24) is 4.90 Å². The molecule has 1 aliphatic heterocycles. The topological polar surface area (TPSA) is 41.6 Å². The maximum Gasteiger partial charge on any atom is 0.192 e. The fraction of sp³-hybridized carbons (Fsp3) is 0.769. The average molecular weight is 349 g/mol. The standard InChI is InChI=1S/C13H23N3.HI/c1-5-12(10(2)3)15-13(14)16-8-6-7-11(4)9-16;/h1,10-12H,6-9H2,2-4H3,(H2,14,15);1H. The SMILES string of the molecule is C#CC(N=C(N)N1CCCC(C)C1)C(C)C.I. The molecule has 2 N–H and O–H groups in total. The summed E-state index contributed by atoms with van der Waals surface area (Å²) in [6.07, 6.45) is 7.93. The number of terminal acetylenes is 1. The van der Waals surface area contributed by atoms with Gasteiger partial charge < -0.3 is 10.6 Å². The van der Waals surface area contributed by atoms with Gasteiger partial charge in [0.05, 0.1) is 0 Å². The summed E-state index contributed by atoms with van der Waals surface area (Å²) in [6.45, 7) is 8.40. The van der Waals surface area contributed by atoms with E-state index in [0.29, 0.717) is 17.8 Å². The highest BCUT2D eigenvalue weighted by Gasteiger charge is 2.19. The van der Waals surface area contributed by atoms with E-state index in [2.05, 4.69) is 36.6 Å². The Bertz CT molecular complexity index is 294. The molecule has 17 heavy (non-hydrogen) atoms. The molecule has 1 rings (SSSR count). The first-order chi connectivity index (χ1) is 7.54. The maximum atomic E-state index is 6.01. The molecule has 0 radical (unpaired) electrons. The monoisotopic (exact) mass is 349 g/mol. The summed E-state index contributed by atoms with van der Waals surface area (Å²) >= 11 is 0. The van der Waals surface area contributed by atoms with Crippen LogP contribution in [0.1, 0.15) is 33.6 Å².